The normalized spacial score (nSPS) is 21.5. The third-order valence-corrected chi connectivity index (χ3v) is 1.88. The van der Waals surface area contributed by atoms with Gasteiger partial charge in [0.05, 0.1) is 6.54 Å². The fourth-order valence-corrected chi connectivity index (χ4v) is 1.22. The van der Waals surface area contributed by atoms with Crippen molar-refractivity contribution in [2.75, 3.05) is 13.1 Å². The van der Waals surface area contributed by atoms with E-state index in [9.17, 15) is 0 Å². The molecule has 1 aliphatic rings. The van der Waals surface area contributed by atoms with Crippen molar-refractivity contribution in [2.24, 2.45) is 9.98 Å². The summed E-state index contributed by atoms with van der Waals surface area (Å²) in [5, 5.41) is 0. The van der Waals surface area contributed by atoms with Gasteiger partial charge in [-0.15, -0.1) is 0 Å². The molecule has 0 aromatic carbocycles. The Balaban J connectivity index is 2.62. The van der Waals surface area contributed by atoms with Crippen LogP contribution in [-0.2, 0) is 0 Å². The molecule has 0 radical (unpaired) electrons. The molecule has 0 saturated carbocycles. The number of hydrogen-bond donors (Lipinski definition) is 0. The van der Waals surface area contributed by atoms with Crippen LogP contribution in [-0.4, -0.2) is 25.5 Å². The standard InChI is InChI=1S/C9H14N2/c1-8-9(5-7-10-2)4-3-6-11-8/h5H,2-4,6-7H2,1H3/b9-5-. The summed E-state index contributed by atoms with van der Waals surface area (Å²) in [7, 11) is 0. The summed E-state index contributed by atoms with van der Waals surface area (Å²) in [4.78, 5) is 8.13. The molecule has 0 aromatic heterocycles. The summed E-state index contributed by atoms with van der Waals surface area (Å²) in [5.41, 5.74) is 2.53. The van der Waals surface area contributed by atoms with Gasteiger partial charge in [-0.05, 0) is 32.1 Å². The Morgan fingerprint density at radius 3 is 3.18 bits per heavy atom. The second kappa shape index (κ2) is 4.06. The fraction of sp³-hybridized carbons (Fsp3) is 0.556. The summed E-state index contributed by atoms with van der Waals surface area (Å²) >= 11 is 0. The van der Waals surface area contributed by atoms with E-state index in [1.54, 1.807) is 0 Å². The van der Waals surface area contributed by atoms with Gasteiger partial charge in [-0.3, -0.25) is 9.98 Å². The molecular formula is C9H14N2. The molecule has 0 amide bonds. The Morgan fingerprint density at radius 1 is 1.73 bits per heavy atom. The molecule has 1 aliphatic heterocycles. The van der Waals surface area contributed by atoms with Gasteiger partial charge in [-0.2, -0.15) is 0 Å². The number of hydrogen-bond acceptors (Lipinski definition) is 2. The Hall–Kier alpha value is -0.920. The van der Waals surface area contributed by atoms with Gasteiger partial charge >= 0.3 is 0 Å². The van der Waals surface area contributed by atoms with Crippen molar-refractivity contribution >= 4 is 12.4 Å². The lowest BCUT2D eigenvalue weighted by atomic mass is 10.0. The van der Waals surface area contributed by atoms with Crippen molar-refractivity contribution in [1.82, 2.24) is 0 Å². The van der Waals surface area contributed by atoms with Crippen LogP contribution in [0.4, 0.5) is 0 Å². The highest BCUT2D eigenvalue weighted by molar-refractivity contribution is 5.98. The molecule has 0 spiro atoms. The van der Waals surface area contributed by atoms with E-state index in [4.69, 9.17) is 0 Å². The molecule has 0 saturated heterocycles. The predicted molar refractivity (Wildman–Crippen MR) is 49.7 cm³/mol. The fourth-order valence-electron chi connectivity index (χ4n) is 1.22. The molecule has 0 unspecified atom stereocenters. The smallest absolute Gasteiger partial charge is 0.0569 e. The highest BCUT2D eigenvalue weighted by Gasteiger charge is 2.05. The Labute approximate surface area is 67.8 Å². The van der Waals surface area contributed by atoms with Crippen molar-refractivity contribution in [2.45, 2.75) is 19.8 Å². The first kappa shape index (κ1) is 8.18. The Kier molecular flexibility index (Phi) is 3.02. The van der Waals surface area contributed by atoms with Gasteiger partial charge in [0.2, 0.25) is 0 Å². The van der Waals surface area contributed by atoms with Gasteiger partial charge < -0.3 is 0 Å². The van der Waals surface area contributed by atoms with Gasteiger partial charge in [0, 0.05) is 12.3 Å². The van der Waals surface area contributed by atoms with E-state index in [-0.39, 0.29) is 0 Å². The second-order valence-electron chi connectivity index (χ2n) is 2.71. The first-order valence-corrected chi connectivity index (χ1v) is 3.97. The maximum Gasteiger partial charge on any atom is 0.0569 e. The van der Waals surface area contributed by atoms with Crippen molar-refractivity contribution < 1.29 is 0 Å². The van der Waals surface area contributed by atoms with Crippen LogP contribution in [0, 0.1) is 0 Å². The SMILES string of the molecule is C=NC/C=C1/CCCN=C1C. The minimum Gasteiger partial charge on any atom is -0.297 e. The topological polar surface area (TPSA) is 24.7 Å². The molecule has 1 rings (SSSR count). The molecule has 0 fully saturated rings. The molecule has 60 valence electrons. The predicted octanol–water partition coefficient (Wildman–Crippen LogP) is 1.87. The van der Waals surface area contributed by atoms with Crippen molar-refractivity contribution in [3.8, 4) is 0 Å². The summed E-state index contributed by atoms with van der Waals surface area (Å²) in [6.45, 7) is 7.21. The van der Waals surface area contributed by atoms with Crippen LogP contribution >= 0.6 is 0 Å². The van der Waals surface area contributed by atoms with Crippen LogP contribution in [0.15, 0.2) is 21.6 Å². The van der Waals surface area contributed by atoms with Gasteiger partial charge in [0.15, 0.2) is 0 Å². The largest absolute Gasteiger partial charge is 0.297 e. The molecule has 0 N–H and O–H groups in total. The average Bonchev–Trinajstić information content (AvgIpc) is 2.03. The Bertz CT molecular complexity index is 202. The van der Waals surface area contributed by atoms with Crippen LogP contribution in [0.1, 0.15) is 19.8 Å². The average molecular weight is 150 g/mol. The maximum atomic E-state index is 4.35. The summed E-state index contributed by atoms with van der Waals surface area (Å²) in [6.07, 6.45) is 4.45. The first-order valence-electron chi connectivity index (χ1n) is 3.97. The Morgan fingerprint density at radius 2 is 2.55 bits per heavy atom. The lowest BCUT2D eigenvalue weighted by molar-refractivity contribution is 0.810. The lowest BCUT2D eigenvalue weighted by Crippen LogP contribution is -2.06. The maximum absolute atomic E-state index is 4.35. The van der Waals surface area contributed by atoms with Crippen LogP contribution in [0.5, 0.6) is 0 Å². The number of allylic oxidation sites excluding steroid dienone is 1. The molecule has 1 heterocycles. The van der Waals surface area contributed by atoms with E-state index in [2.05, 4.69) is 29.7 Å². The lowest BCUT2D eigenvalue weighted by Gasteiger charge is -2.11. The number of nitrogens with zero attached hydrogens (tertiary/aromatic N) is 2. The van der Waals surface area contributed by atoms with Gasteiger partial charge in [-0.25, -0.2) is 0 Å². The summed E-state index contributed by atoms with van der Waals surface area (Å²) < 4.78 is 0. The van der Waals surface area contributed by atoms with E-state index >= 15 is 0 Å². The van der Waals surface area contributed by atoms with Crippen LogP contribution in [0.3, 0.4) is 0 Å². The quantitative estimate of drug-likeness (QED) is 0.537. The third-order valence-electron chi connectivity index (χ3n) is 1.88. The van der Waals surface area contributed by atoms with E-state index < -0.39 is 0 Å². The molecule has 0 aromatic rings. The summed E-state index contributed by atoms with van der Waals surface area (Å²) in [6, 6.07) is 0. The van der Waals surface area contributed by atoms with Gasteiger partial charge in [0.25, 0.3) is 0 Å². The molecular weight excluding hydrogens is 136 g/mol. The third kappa shape index (κ3) is 2.30. The number of rotatable bonds is 2. The monoisotopic (exact) mass is 150 g/mol. The van der Waals surface area contributed by atoms with Crippen LogP contribution in [0.25, 0.3) is 0 Å². The van der Waals surface area contributed by atoms with Crippen molar-refractivity contribution in [3.05, 3.63) is 11.6 Å². The van der Waals surface area contributed by atoms with Crippen molar-refractivity contribution in [3.63, 3.8) is 0 Å². The molecule has 11 heavy (non-hydrogen) atoms. The van der Waals surface area contributed by atoms with Crippen molar-refractivity contribution in [1.29, 1.82) is 0 Å². The zero-order valence-electron chi connectivity index (χ0n) is 7.01. The van der Waals surface area contributed by atoms with E-state index in [0.29, 0.717) is 0 Å². The number of aliphatic imine (C=N–C) groups is 2. The van der Waals surface area contributed by atoms with Gasteiger partial charge in [0.1, 0.15) is 0 Å². The highest BCUT2D eigenvalue weighted by Crippen LogP contribution is 2.12. The zero-order valence-corrected chi connectivity index (χ0v) is 7.01. The van der Waals surface area contributed by atoms with E-state index in [0.717, 1.165) is 19.5 Å². The summed E-state index contributed by atoms with van der Waals surface area (Å²) in [5.74, 6) is 0. The molecule has 0 aliphatic carbocycles. The highest BCUT2D eigenvalue weighted by atomic mass is 14.7. The zero-order chi connectivity index (χ0) is 8.10. The molecule has 2 nitrogen and oxygen atoms in total. The van der Waals surface area contributed by atoms with Gasteiger partial charge in [-0.1, -0.05) is 6.08 Å². The molecule has 0 atom stereocenters. The second-order valence-corrected chi connectivity index (χ2v) is 2.71. The van der Waals surface area contributed by atoms with E-state index in [1.165, 1.54) is 17.7 Å². The van der Waals surface area contributed by atoms with Crippen LogP contribution in [0.2, 0.25) is 0 Å². The van der Waals surface area contributed by atoms with E-state index in [1.807, 2.05) is 0 Å². The minimum atomic E-state index is 0.724. The minimum absolute atomic E-state index is 0.724. The van der Waals surface area contributed by atoms with Crippen LogP contribution < -0.4 is 0 Å². The molecule has 2 heteroatoms. The molecule has 0 bridgehead atoms. The first-order chi connectivity index (χ1) is 5.34.